The highest BCUT2D eigenvalue weighted by molar-refractivity contribution is 5.74. The van der Waals surface area contributed by atoms with Gasteiger partial charge in [0.15, 0.2) is 0 Å². The number of nitrogens with zero attached hydrogens (tertiary/aromatic N) is 4. The summed E-state index contributed by atoms with van der Waals surface area (Å²) in [4.78, 5) is 20.3. The van der Waals surface area contributed by atoms with Crippen molar-refractivity contribution in [1.29, 1.82) is 0 Å². The summed E-state index contributed by atoms with van der Waals surface area (Å²) in [5.74, 6) is 0.439. The van der Waals surface area contributed by atoms with Crippen molar-refractivity contribution in [2.24, 2.45) is 0 Å². The minimum atomic E-state index is 0.167. The number of likely N-dealkylation sites (tertiary alicyclic amines) is 1. The molecule has 6 heteroatoms. The van der Waals surface area contributed by atoms with E-state index in [0.29, 0.717) is 5.92 Å². The normalized spacial score (nSPS) is 15.5. The van der Waals surface area contributed by atoms with Crippen molar-refractivity contribution < 1.29 is 4.79 Å². The summed E-state index contributed by atoms with van der Waals surface area (Å²) < 4.78 is 0. The Labute approximate surface area is 142 Å². The van der Waals surface area contributed by atoms with Crippen LogP contribution in [0.5, 0.6) is 0 Å². The smallest absolute Gasteiger partial charge is 0.319 e. The average Bonchev–Trinajstić information content (AvgIpc) is 3.14. The Kier molecular flexibility index (Phi) is 5.13. The minimum Gasteiger partial charge on any atom is -0.325 e. The van der Waals surface area contributed by atoms with Crippen LogP contribution in [-0.2, 0) is 0 Å². The molecule has 0 aromatic carbocycles. The lowest BCUT2D eigenvalue weighted by Crippen LogP contribution is -2.46. The van der Waals surface area contributed by atoms with Gasteiger partial charge in [-0.2, -0.15) is 5.10 Å². The van der Waals surface area contributed by atoms with E-state index in [4.69, 9.17) is 0 Å². The second kappa shape index (κ2) is 7.47. The quantitative estimate of drug-likeness (QED) is 0.938. The van der Waals surface area contributed by atoms with Crippen LogP contribution in [0, 0.1) is 0 Å². The number of amides is 2. The molecule has 1 fully saturated rings. The molecule has 0 aliphatic carbocycles. The number of carbonyl (C=O) groups excluding carboxylic acids is 1. The fourth-order valence-electron chi connectivity index (χ4n) is 3.29. The summed E-state index contributed by atoms with van der Waals surface area (Å²) in [5.41, 5.74) is 3.19. The summed E-state index contributed by atoms with van der Waals surface area (Å²) in [6.07, 6.45) is 5.51. The van der Waals surface area contributed by atoms with Gasteiger partial charge in [0.05, 0.1) is 5.69 Å². The van der Waals surface area contributed by atoms with Crippen molar-refractivity contribution in [1.82, 2.24) is 25.0 Å². The lowest BCUT2D eigenvalue weighted by molar-refractivity contribution is 0.143. The van der Waals surface area contributed by atoms with E-state index in [2.05, 4.69) is 21.2 Å². The molecule has 0 spiro atoms. The van der Waals surface area contributed by atoms with Gasteiger partial charge in [0.1, 0.15) is 0 Å². The van der Waals surface area contributed by atoms with Gasteiger partial charge in [0, 0.05) is 55.7 Å². The predicted molar refractivity (Wildman–Crippen MR) is 93.7 cm³/mol. The van der Waals surface area contributed by atoms with E-state index in [9.17, 15) is 4.79 Å². The third-order valence-electron chi connectivity index (χ3n) is 4.81. The number of aromatic nitrogens is 3. The molecule has 3 heterocycles. The van der Waals surface area contributed by atoms with E-state index in [0.717, 1.165) is 56.0 Å². The van der Waals surface area contributed by atoms with E-state index in [-0.39, 0.29) is 6.03 Å². The zero-order chi connectivity index (χ0) is 16.9. The Hall–Kier alpha value is -2.37. The van der Waals surface area contributed by atoms with Gasteiger partial charge >= 0.3 is 6.03 Å². The first-order valence-electron chi connectivity index (χ1n) is 8.72. The number of hydrogen-bond donors (Lipinski definition) is 1. The van der Waals surface area contributed by atoms with Crippen LogP contribution in [0.3, 0.4) is 0 Å². The molecule has 0 unspecified atom stereocenters. The van der Waals surface area contributed by atoms with Crippen molar-refractivity contribution in [3.63, 3.8) is 0 Å². The van der Waals surface area contributed by atoms with Gasteiger partial charge in [0.2, 0.25) is 0 Å². The van der Waals surface area contributed by atoms with Crippen molar-refractivity contribution in [2.45, 2.75) is 32.6 Å². The van der Waals surface area contributed by atoms with Gasteiger partial charge in [-0.05, 0) is 44.9 Å². The van der Waals surface area contributed by atoms with Crippen molar-refractivity contribution in [3.05, 3.63) is 36.3 Å². The van der Waals surface area contributed by atoms with Crippen LogP contribution in [0.4, 0.5) is 4.79 Å². The lowest BCUT2D eigenvalue weighted by Gasteiger charge is -2.34. The topological polar surface area (TPSA) is 65.1 Å². The molecule has 1 aliphatic heterocycles. The highest BCUT2D eigenvalue weighted by Gasteiger charge is 2.27. The maximum Gasteiger partial charge on any atom is 0.319 e. The number of H-pyrrole nitrogens is 1. The molecule has 1 aliphatic rings. The van der Waals surface area contributed by atoms with E-state index < -0.39 is 0 Å². The van der Waals surface area contributed by atoms with Crippen LogP contribution in [0.25, 0.3) is 11.3 Å². The molecule has 6 nitrogen and oxygen atoms in total. The van der Waals surface area contributed by atoms with Crippen molar-refractivity contribution in [3.8, 4) is 11.3 Å². The fraction of sp³-hybridized carbons (Fsp3) is 0.500. The first-order chi connectivity index (χ1) is 11.7. The molecule has 1 saturated heterocycles. The van der Waals surface area contributed by atoms with Crippen LogP contribution < -0.4 is 0 Å². The highest BCUT2D eigenvalue weighted by Crippen LogP contribution is 2.29. The zero-order valence-electron chi connectivity index (χ0n) is 14.4. The Balaban J connectivity index is 1.61. The van der Waals surface area contributed by atoms with Crippen LogP contribution in [0.15, 0.2) is 30.6 Å². The lowest BCUT2D eigenvalue weighted by atomic mass is 9.93. The van der Waals surface area contributed by atoms with Gasteiger partial charge < -0.3 is 9.80 Å². The van der Waals surface area contributed by atoms with Crippen LogP contribution in [0.1, 0.15) is 38.3 Å². The molecule has 1 N–H and O–H groups in total. The van der Waals surface area contributed by atoms with Gasteiger partial charge in [-0.3, -0.25) is 10.1 Å². The molecule has 0 atom stereocenters. The first kappa shape index (κ1) is 16.5. The first-order valence-corrected chi connectivity index (χ1v) is 8.72. The maximum atomic E-state index is 12.4. The molecule has 2 aromatic rings. The number of piperidine rings is 1. The van der Waals surface area contributed by atoms with Crippen LogP contribution in [0.2, 0.25) is 0 Å². The summed E-state index contributed by atoms with van der Waals surface area (Å²) in [7, 11) is 0. The number of aromatic amines is 1. The number of carbonyl (C=O) groups is 1. The monoisotopic (exact) mass is 327 g/mol. The maximum absolute atomic E-state index is 12.4. The summed E-state index contributed by atoms with van der Waals surface area (Å²) in [6.45, 7) is 7.21. The van der Waals surface area contributed by atoms with Crippen LogP contribution in [-0.4, -0.2) is 57.2 Å². The van der Waals surface area contributed by atoms with Gasteiger partial charge in [0.25, 0.3) is 0 Å². The number of hydrogen-bond acceptors (Lipinski definition) is 3. The van der Waals surface area contributed by atoms with Gasteiger partial charge in [-0.1, -0.05) is 0 Å². The standard InChI is InChI=1S/C18H25N5O/c1-3-22(4-2)18(24)23-11-7-15(8-12-23)17-13-16(20-21-17)14-5-9-19-10-6-14/h5-6,9-10,13,15H,3-4,7-8,11-12H2,1-2H3,(H,20,21). The van der Waals surface area contributed by atoms with E-state index in [1.54, 1.807) is 12.4 Å². The third-order valence-corrected chi connectivity index (χ3v) is 4.81. The summed E-state index contributed by atoms with van der Waals surface area (Å²) >= 11 is 0. The Morgan fingerprint density at radius 3 is 2.54 bits per heavy atom. The number of urea groups is 1. The predicted octanol–water partition coefficient (Wildman–Crippen LogP) is 3.11. The molecule has 0 radical (unpaired) electrons. The second-order valence-corrected chi connectivity index (χ2v) is 6.16. The van der Waals surface area contributed by atoms with Gasteiger partial charge in [-0.25, -0.2) is 4.79 Å². The molecule has 2 amide bonds. The molecule has 2 aromatic heterocycles. The molecular weight excluding hydrogens is 302 g/mol. The largest absolute Gasteiger partial charge is 0.325 e. The minimum absolute atomic E-state index is 0.167. The Bertz CT molecular complexity index is 657. The van der Waals surface area contributed by atoms with E-state index in [1.165, 1.54) is 0 Å². The zero-order valence-corrected chi connectivity index (χ0v) is 14.4. The van der Waals surface area contributed by atoms with Crippen molar-refractivity contribution in [2.75, 3.05) is 26.2 Å². The van der Waals surface area contributed by atoms with E-state index in [1.807, 2.05) is 35.8 Å². The van der Waals surface area contributed by atoms with Gasteiger partial charge in [-0.15, -0.1) is 0 Å². The Morgan fingerprint density at radius 2 is 1.92 bits per heavy atom. The number of nitrogens with one attached hydrogen (secondary N) is 1. The fourth-order valence-corrected chi connectivity index (χ4v) is 3.29. The highest BCUT2D eigenvalue weighted by atomic mass is 16.2. The third kappa shape index (κ3) is 3.42. The summed E-state index contributed by atoms with van der Waals surface area (Å²) in [6, 6.07) is 6.22. The number of rotatable bonds is 4. The molecule has 0 saturated carbocycles. The average molecular weight is 327 g/mol. The van der Waals surface area contributed by atoms with Crippen LogP contribution >= 0.6 is 0 Å². The second-order valence-electron chi connectivity index (χ2n) is 6.16. The SMILES string of the molecule is CCN(CC)C(=O)N1CCC(c2cc(-c3ccncc3)n[nH]2)CC1. The Morgan fingerprint density at radius 1 is 1.25 bits per heavy atom. The molecule has 3 rings (SSSR count). The molecule has 128 valence electrons. The molecule has 0 bridgehead atoms. The number of pyridine rings is 1. The molecular formula is C18H25N5O. The van der Waals surface area contributed by atoms with Crippen molar-refractivity contribution >= 4 is 6.03 Å². The van der Waals surface area contributed by atoms with E-state index >= 15 is 0 Å². The summed E-state index contributed by atoms with van der Waals surface area (Å²) in [5, 5.41) is 7.61. The molecule has 24 heavy (non-hydrogen) atoms.